The third-order valence-electron chi connectivity index (χ3n) is 6.16. The van der Waals surface area contributed by atoms with Crippen molar-refractivity contribution in [3.63, 3.8) is 0 Å². The summed E-state index contributed by atoms with van der Waals surface area (Å²) < 4.78 is 5.59. The van der Waals surface area contributed by atoms with E-state index in [2.05, 4.69) is 34.9 Å². The van der Waals surface area contributed by atoms with Crippen molar-refractivity contribution in [1.82, 2.24) is 10.6 Å². The highest BCUT2D eigenvalue weighted by Crippen LogP contribution is 2.44. The van der Waals surface area contributed by atoms with Gasteiger partial charge in [0.15, 0.2) is 0 Å². The Labute approximate surface area is 194 Å². The number of hydrogen-bond acceptors (Lipinski definition) is 4. The normalized spacial score (nSPS) is 14.0. The van der Waals surface area contributed by atoms with Crippen LogP contribution in [-0.2, 0) is 14.3 Å². The highest BCUT2D eigenvalue weighted by Gasteiger charge is 2.29. The SMILES string of the molecule is CCC(CCC(=O)N[C@H](CC)CC(=O)O)NC(=O)OCC1c2ccccc2-c2ccccc21. The van der Waals surface area contributed by atoms with Crippen molar-refractivity contribution in [3.05, 3.63) is 59.7 Å². The van der Waals surface area contributed by atoms with Crippen LogP contribution in [0, 0.1) is 0 Å². The summed E-state index contributed by atoms with van der Waals surface area (Å²) in [7, 11) is 0. The number of rotatable bonds is 11. The number of ether oxygens (including phenoxy) is 1. The number of alkyl carbamates (subject to hydrolysis) is 1. The molecule has 2 amide bonds. The molecule has 7 nitrogen and oxygen atoms in total. The van der Waals surface area contributed by atoms with Crippen molar-refractivity contribution in [3.8, 4) is 11.1 Å². The molecule has 3 N–H and O–H groups in total. The maximum Gasteiger partial charge on any atom is 0.407 e. The molecule has 0 heterocycles. The molecule has 1 aliphatic rings. The summed E-state index contributed by atoms with van der Waals surface area (Å²) in [6.07, 6.45) is 1.27. The van der Waals surface area contributed by atoms with Crippen molar-refractivity contribution in [2.45, 2.75) is 64.0 Å². The van der Waals surface area contributed by atoms with Crippen LogP contribution in [0.1, 0.15) is 63.0 Å². The molecule has 3 rings (SSSR count). The quantitative estimate of drug-likeness (QED) is 0.467. The van der Waals surface area contributed by atoms with Gasteiger partial charge in [-0.25, -0.2) is 4.79 Å². The van der Waals surface area contributed by atoms with E-state index in [0.29, 0.717) is 19.3 Å². The number of nitrogens with one attached hydrogen (secondary N) is 2. The molecule has 2 aromatic carbocycles. The Bertz CT molecular complexity index is 945. The van der Waals surface area contributed by atoms with Crippen molar-refractivity contribution >= 4 is 18.0 Å². The largest absolute Gasteiger partial charge is 0.481 e. The first-order chi connectivity index (χ1) is 15.9. The van der Waals surface area contributed by atoms with Gasteiger partial charge in [0.1, 0.15) is 6.61 Å². The highest BCUT2D eigenvalue weighted by molar-refractivity contribution is 5.79. The van der Waals surface area contributed by atoms with E-state index in [1.54, 1.807) is 0 Å². The van der Waals surface area contributed by atoms with E-state index in [-0.39, 0.29) is 43.4 Å². The molecule has 0 spiro atoms. The number of amides is 2. The number of hydrogen-bond donors (Lipinski definition) is 3. The number of carbonyl (C=O) groups is 3. The van der Waals surface area contributed by atoms with E-state index < -0.39 is 12.1 Å². The highest BCUT2D eigenvalue weighted by atomic mass is 16.5. The lowest BCUT2D eigenvalue weighted by atomic mass is 9.98. The fraction of sp³-hybridized carbons (Fsp3) is 0.423. The van der Waals surface area contributed by atoms with Crippen LogP contribution in [0.15, 0.2) is 48.5 Å². The van der Waals surface area contributed by atoms with Gasteiger partial charge in [-0.15, -0.1) is 0 Å². The predicted octanol–water partition coefficient (Wildman–Crippen LogP) is 4.45. The van der Waals surface area contributed by atoms with Crippen LogP contribution in [0.25, 0.3) is 11.1 Å². The van der Waals surface area contributed by atoms with Crippen LogP contribution in [0.3, 0.4) is 0 Å². The molecule has 0 aromatic heterocycles. The number of carbonyl (C=O) groups excluding carboxylic acids is 2. The van der Waals surface area contributed by atoms with Crippen LogP contribution >= 0.6 is 0 Å². The maximum atomic E-state index is 12.5. The zero-order chi connectivity index (χ0) is 23.8. The van der Waals surface area contributed by atoms with Gasteiger partial charge in [-0.3, -0.25) is 9.59 Å². The molecule has 1 unspecified atom stereocenters. The summed E-state index contributed by atoms with van der Waals surface area (Å²) >= 11 is 0. The summed E-state index contributed by atoms with van der Waals surface area (Å²) in [5.74, 6) is -1.16. The molecule has 2 atom stereocenters. The second kappa shape index (κ2) is 11.5. The summed E-state index contributed by atoms with van der Waals surface area (Å²) in [4.78, 5) is 35.5. The van der Waals surface area contributed by atoms with Crippen LogP contribution in [0.2, 0.25) is 0 Å². The Balaban J connectivity index is 1.50. The van der Waals surface area contributed by atoms with Gasteiger partial charge in [0.05, 0.1) is 6.42 Å². The van der Waals surface area contributed by atoms with Crippen molar-refractivity contribution in [2.75, 3.05) is 6.61 Å². The first kappa shape index (κ1) is 24.3. The Morgan fingerprint density at radius 2 is 1.48 bits per heavy atom. The molecular formula is C26H32N2O5. The van der Waals surface area contributed by atoms with Gasteiger partial charge in [0.2, 0.25) is 5.91 Å². The molecule has 176 valence electrons. The van der Waals surface area contributed by atoms with Crippen LogP contribution < -0.4 is 10.6 Å². The van der Waals surface area contributed by atoms with Crippen LogP contribution in [0.5, 0.6) is 0 Å². The fourth-order valence-electron chi connectivity index (χ4n) is 4.30. The number of aliphatic carboxylic acids is 1. The summed E-state index contributed by atoms with van der Waals surface area (Å²) in [6.45, 7) is 4.01. The number of carboxylic acid groups (broad SMARTS) is 1. The first-order valence-electron chi connectivity index (χ1n) is 11.6. The molecule has 0 radical (unpaired) electrons. The van der Waals surface area contributed by atoms with Crippen molar-refractivity contribution < 1.29 is 24.2 Å². The van der Waals surface area contributed by atoms with Gasteiger partial charge in [-0.1, -0.05) is 62.4 Å². The lowest BCUT2D eigenvalue weighted by Gasteiger charge is -2.20. The Kier molecular flexibility index (Phi) is 8.46. The van der Waals surface area contributed by atoms with Gasteiger partial charge in [-0.2, -0.15) is 0 Å². The molecular weight excluding hydrogens is 420 g/mol. The van der Waals surface area contributed by atoms with Crippen molar-refractivity contribution in [2.24, 2.45) is 0 Å². The number of fused-ring (bicyclic) bond motifs is 3. The second-order valence-corrected chi connectivity index (χ2v) is 8.38. The van der Waals surface area contributed by atoms with Crippen LogP contribution in [-0.4, -0.2) is 41.8 Å². The average Bonchev–Trinajstić information content (AvgIpc) is 3.13. The maximum absolute atomic E-state index is 12.5. The third kappa shape index (κ3) is 6.34. The fourth-order valence-corrected chi connectivity index (χ4v) is 4.30. The van der Waals surface area contributed by atoms with Gasteiger partial charge in [-0.05, 0) is 41.5 Å². The molecule has 2 aromatic rings. The summed E-state index contributed by atoms with van der Waals surface area (Å²) in [5.41, 5.74) is 4.66. The lowest BCUT2D eigenvalue weighted by Crippen LogP contribution is -2.39. The third-order valence-corrected chi connectivity index (χ3v) is 6.16. The minimum Gasteiger partial charge on any atom is -0.481 e. The standard InChI is InChI=1S/C26H32N2O5/c1-3-17(13-14-24(29)27-18(4-2)15-25(30)31)28-26(32)33-16-23-21-11-7-5-9-19(21)20-10-6-8-12-22(20)23/h5-12,17-18,23H,3-4,13-16H2,1-2H3,(H,27,29)(H,28,32)(H,30,31)/t17?,18-/m1/s1. The minimum absolute atomic E-state index is 0.00535. The van der Waals surface area contributed by atoms with Gasteiger partial charge in [0.25, 0.3) is 0 Å². The molecule has 0 fully saturated rings. The Morgan fingerprint density at radius 3 is 2.03 bits per heavy atom. The van der Waals surface area contributed by atoms with E-state index >= 15 is 0 Å². The number of benzene rings is 2. The second-order valence-electron chi connectivity index (χ2n) is 8.38. The van der Waals surface area contributed by atoms with E-state index in [1.165, 1.54) is 11.1 Å². The molecule has 0 aliphatic heterocycles. The summed E-state index contributed by atoms with van der Waals surface area (Å²) in [6, 6.07) is 15.8. The van der Waals surface area contributed by atoms with Gasteiger partial charge >= 0.3 is 12.1 Å². The molecule has 0 bridgehead atoms. The average molecular weight is 453 g/mol. The monoisotopic (exact) mass is 452 g/mol. The van der Waals surface area contributed by atoms with Crippen LogP contribution in [0.4, 0.5) is 4.79 Å². The molecule has 7 heteroatoms. The zero-order valence-corrected chi connectivity index (χ0v) is 19.2. The summed E-state index contributed by atoms with van der Waals surface area (Å²) in [5, 5.41) is 14.5. The predicted molar refractivity (Wildman–Crippen MR) is 126 cm³/mol. The van der Waals surface area contributed by atoms with E-state index in [4.69, 9.17) is 9.84 Å². The smallest absolute Gasteiger partial charge is 0.407 e. The topological polar surface area (TPSA) is 105 Å². The Hall–Kier alpha value is -3.35. The first-order valence-corrected chi connectivity index (χ1v) is 11.6. The lowest BCUT2D eigenvalue weighted by molar-refractivity contribution is -0.137. The molecule has 33 heavy (non-hydrogen) atoms. The Morgan fingerprint density at radius 1 is 0.909 bits per heavy atom. The number of carboxylic acids is 1. The molecule has 0 saturated carbocycles. The zero-order valence-electron chi connectivity index (χ0n) is 19.2. The van der Waals surface area contributed by atoms with E-state index in [0.717, 1.165) is 11.1 Å². The van der Waals surface area contributed by atoms with Gasteiger partial charge in [0, 0.05) is 24.4 Å². The van der Waals surface area contributed by atoms with E-state index in [1.807, 2.05) is 38.1 Å². The minimum atomic E-state index is -0.939. The van der Waals surface area contributed by atoms with Crippen molar-refractivity contribution in [1.29, 1.82) is 0 Å². The van der Waals surface area contributed by atoms with E-state index in [9.17, 15) is 14.4 Å². The van der Waals surface area contributed by atoms with Gasteiger partial charge < -0.3 is 20.5 Å². The molecule has 1 aliphatic carbocycles. The molecule has 0 saturated heterocycles.